The van der Waals surface area contributed by atoms with Crippen LogP contribution in [-0.4, -0.2) is 136 Å². The second-order valence-corrected chi connectivity index (χ2v) is 8.31. The topological polar surface area (TPSA) is 237 Å². The van der Waals surface area contributed by atoms with E-state index in [0.717, 1.165) is 21.7 Å². The number of aliphatic hydroxyl groups excluding tert-OH is 7. The van der Waals surface area contributed by atoms with Crippen molar-refractivity contribution in [2.45, 2.75) is 67.9 Å². The first-order valence-corrected chi connectivity index (χ1v) is 10.7. The van der Waals surface area contributed by atoms with E-state index in [0.29, 0.717) is 0 Å². The van der Waals surface area contributed by atoms with E-state index >= 15 is 0 Å². The van der Waals surface area contributed by atoms with Gasteiger partial charge in [-0.25, -0.2) is 4.68 Å². The molecular formula is C19H26N4O12. The molecular weight excluding hydrogens is 476 g/mol. The van der Waals surface area contributed by atoms with Crippen LogP contribution in [0.4, 0.5) is 0 Å². The molecule has 35 heavy (non-hydrogen) atoms. The largest absolute Gasteiger partial charge is 0.394 e. The van der Waals surface area contributed by atoms with Gasteiger partial charge in [-0.3, -0.25) is 14.5 Å². The average Bonchev–Trinajstić information content (AvgIpc) is 3.44. The molecule has 4 heterocycles. The Bertz CT molecular complexity index is 936. The van der Waals surface area contributed by atoms with Crippen LogP contribution in [0.2, 0.25) is 0 Å². The quantitative estimate of drug-likeness (QED) is 0.172. The fourth-order valence-corrected chi connectivity index (χ4v) is 4.05. The second-order valence-electron chi connectivity index (χ2n) is 8.31. The minimum atomic E-state index is -1.78. The smallest absolute Gasteiger partial charge is 0.253 e. The third kappa shape index (κ3) is 4.85. The van der Waals surface area contributed by atoms with Crippen LogP contribution in [0.1, 0.15) is 11.9 Å². The van der Waals surface area contributed by atoms with E-state index in [2.05, 4.69) is 10.3 Å². The summed E-state index contributed by atoms with van der Waals surface area (Å²) in [5.74, 6) is -1.05. The Morgan fingerprint density at radius 2 is 1.51 bits per heavy atom. The maximum absolute atomic E-state index is 11.7. The standard InChI is InChI=1S/C19H26N4O12/c24-5-8-12(28)13(29)16(32)19(34-8)35-17-9(6-25)33-18(15(31)14(17)30)23-4-7(20-21-23)3-22-10(26)1-2-11(22)27/h1-2,4,8-9,12-19,24-25,28-32H,3,5-6H2/t8-,9-,12-,13+,14-,15-,16-,17-,18-,19-/m1/s1. The number of nitrogens with zero attached hydrogens (tertiary/aromatic N) is 4. The van der Waals surface area contributed by atoms with Gasteiger partial charge in [-0.05, 0) is 0 Å². The zero-order valence-electron chi connectivity index (χ0n) is 18.1. The zero-order valence-corrected chi connectivity index (χ0v) is 18.1. The van der Waals surface area contributed by atoms with E-state index in [1.54, 1.807) is 0 Å². The SMILES string of the molecule is O=C1C=CC(=O)N1Cc1cn([C@@H]2O[C@H](CO)[C@@H](O[C@H]3O[C@H](CO)[C@@H](O)[C@H](O)[C@H]3O)[C@H](O)[C@H]2O)nn1. The van der Waals surface area contributed by atoms with Crippen LogP contribution < -0.4 is 0 Å². The molecule has 0 bridgehead atoms. The first-order valence-electron chi connectivity index (χ1n) is 10.7. The molecule has 0 spiro atoms. The van der Waals surface area contributed by atoms with Crippen molar-refractivity contribution in [3.8, 4) is 0 Å². The molecule has 16 nitrogen and oxygen atoms in total. The molecule has 0 radical (unpaired) electrons. The lowest BCUT2D eigenvalue weighted by Gasteiger charge is -2.45. The minimum absolute atomic E-state index is 0.181. The molecule has 4 rings (SSSR count). The lowest BCUT2D eigenvalue weighted by Crippen LogP contribution is -2.63. The van der Waals surface area contributed by atoms with Gasteiger partial charge in [0, 0.05) is 12.2 Å². The van der Waals surface area contributed by atoms with E-state index in [1.807, 2.05) is 0 Å². The number of aliphatic hydroxyl groups is 7. The van der Waals surface area contributed by atoms with Gasteiger partial charge in [0.1, 0.15) is 54.5 Å². The summed E-state index contributed by atoms with van der Waals surface area (Å²) in [6.45, 7) is -1.61. The van der Waals surface area contributed by atoms with Gasteiger partial charge >= 0.3 is 0 Å². The van der Waals surface area contributed by atoms with Crippen molar-refractivity contribution in [1.29, 1.82) is 0 Å². The minimum Gasteiger partial charge on any atom is -0.394 e. The Morgan fingerprint density at radius 1 is 0.857 bits per heavy atom. The molecule has 1 aromatic heterocycles. The highest BCUT2D eigenvalue weighted by Gasteiger charge is 2.51. The van der Waals surface area contributed by atoms with Gasteiger partial charge < -0.3 is 50.0 Å². The molecule has 2 fully saturated rings. The lowest BCUT2D eigenvalue weighted by molar-refractivity contribution is -0.347. The van der Waals surface area contributed by atoms with Gasteiger partial charge in [0.25, 0.3) is 11.8 Å². The van der Waals surface area contributed by atoms with E-state index < -0.39 is 86.4 Å². The maximum atomic E-state index is 11.7. The van der Waals surface area contributed by atoms with Crippen LogP contribution in [0.15, 0.2) is 18.3 Å². The van der Waals surface area contributed by atoms with Crippen molar-refractivity contribution in [2.75, 3.05) is 13.2 Å². The van der Waals surface area contributed by atoms with Gasteiger partial charge in [-0.1, -0.05) is 5.21 Å². The van der Waals surface area contributed by atoms with Crippen LogP contribution in [0.3, 0.4) is 0 Å². The molecule has 0 unspecified atom stereocenters. The van der Waals surface area contributed by atoms with Crippen molar-refractivity contribution < 1.29 is 59.5 Å². The third-order valence-corrected chi connectivity index (χ3v) is 6.02. The number of rotatable bonds is 7. The van der Waals surface area contributed by atoms with Crippen LogP contribution in [0.25, 0.3) is 0 Å². The van der Waals surface area contributed by atoms with Crippen LogP contribution in [-0.2, 0) is 30.3 Å². The third-order valence-electron chi connectivity index (χ3n) is 6.02. The molecule has 3 aliphatic rings. The zero-order chi connectivity index (χ0) is 25.4. The summed E-state index contributed by atoms with van der Waals surface area (Å²) in [6.07, 6.45) is -12.1. The number of carbonyl (C=O) groups excluding carboxylic acids is 2. The summed E-state index contributed by atoms with van der Waals surface area (Å²) in [5.41, 5.74) is 0.181. The van der Waals surface area contributed by atoms with E-state index in [-0.39, 0.29) is 12.2 Å². The predicted molar refractivity (Wildman–Crippen MR) is 106 cm³/mol. The van der Waals surface area contributed by atoms with Crippen molar-refractivity contribution in [3.63, 3.8) is 0 Å². The number of imide groups is 1. The first-order chi connectivity index (χ1) is 16.7. The number of amides is 2. The Hall–Kier alpha value is -2.38. The maximum Gasteiger partial charge on any atom is 0.253 e. The molecule has 3 aliphatic heterocycles. The molecule has 7 N–H and O–H groups in total. The number of carbonyl (C=O) groups is 2. The lowest BCUT2D eigenvalue weighted by atomic mass is 9.96. The molecule has 1 aromatic rings. The Balaban J connectivity index is 1.46. The highest BCUT2D eigenvalue weighted by atomic mass is 16.7. The molecule has 16 heteroatoms. The average molecular weight is 502 g/mol. The number of hydrogen-bond acceptors (Lipinski definition) is 14. The van der Waals surface area contributed by atoms with Crippen LogP contribution in [0.5, 0.6) is 0 Å². The van der Waals surface area contributed by atoms with Crippen molar-refractivity contribution in [3.05, 3.63) is 24.0 Å². The Kier molecular flexibility index (Phi) is 7.57. The molecule has 194 valence electrons. The number of aromatic nitrogens is 3. The summed E-state index contributed by atoms with van der Waals surface area (Å²) in [6, 6.07) is 0. The van der Waals surface area contributed by atoms with Crippen LogP contribution in [0, 0.1) is 0 Å². The fourth-order valence-electron chi connectivity index (χ4n) is 4.05. The van der Waals surface area contributed by atoms with Gasteiger partial charge in [-0.15, -0.1) is 5.10 Å². The van der Waals surface area contributed by atoms with Gasteiger partial charge in [-0.2, -0.15) is 0 Å². The number of ether oxygens (including phenoxy) is 3. The predicted octanol–water partition coefficient (Wildman–Crippen LogP) is -5.50. The van der Waals surface area contributed by atoms with E-state index in [9.17, 15) is 45.3 Å². The van der Waals surface area contributed by atoms with Crippen molar-refractivity contribution in [2.24, 2.45) is 0 Å². The molecule has 0 aromatic carbocycles. The van der Waals surface area contributed by atoms with Gasteiger partial charge in [0.2, 0.25) is 0 Å². The molecule has 10 atom stereocenters. The van der Waals surface area contributed by atoms with Crippen molar-refractivity contribution >= 4 is 11.8 Å². The summed E-state index contributed by atoms with van der Waals surface area (Å²) < 4.78 is 17.4. The normalized spacial score (nSPS) is 40.0. The second kappa shape index (κ2) is 10.3. The fraction of sp³-hybridized carbons (Fsp3) is 0.684. The van der Waals surface area contributed by atoms with E-state index in [4.69, 9.17) is 14.2 Å². The summed E-state index contributed by atoms with van der Waals surface area (Å²) >= 11 is 0. The summed E-state index contributed by atoms with van der Waals surface area (Å²) in [4.78, 5) is 24.4. The van der Waals surface area contributed by atoms with E-state index in [1.165, 1.54) is 6.20 Å². The highest BCUT2D eigenvalue weighted by molar-refractivity contribution is 6.12. The monoisotopic (exact) mass is 502 g/mol. The Labute approximate surface area is 197 Å². The van der Waals surface area contributed by atoms with Gasteiger partial charge in [0.05, 0.1) is 26.0 Å². The molecule has 2 saturated heterocycles. The van der Waals surface area contributed by atoms with Gasteiger partial charge in [0.15, 0.2) is 12.5 Å². The Morgan fingerprint density at radius 3 is 2.14 bits per heavy atom. The summed E-state index contributed by atoms with van der Waals surface area (Å²) in [7, 11) is 0. The number of hydrogen-bond donors (Lipinski definition) is 7. The molecule has 2 amide bonds. The van der Waals surface area contributed by atoms with Crippen LogP contribution >= 0.6 is 0 Å². The first kappa shape index (κ1) is 25.7. The molecule has 0 aliphatic carbocycles. The summed E-state index contributed by atoms with van der Waals surface area (Å²) in [5, 5.41) is 78.1. The highest BCUT2D eigenvalue weighted by Crippen LogP contribution is 2.32. The molecule has 0 saturated carbocycles. The van der Waals surface area contributed by atoms with Crippen molar-refractivity contribution in [1.82, 2.24) is 19.9 Å².